The normalized spacial score (nSPS) is 23.2. The number of benzene rings is 1. The molecule has 8 heteroatoms. The van der Waals surface area contributed by atoms with Gasteiger partial charge in [-0.15, -0.1) is 0 Å². The van der Waals surface area contributed by atoms with E-state index in [4.69, 9.17) is 0 Å². The van der Waals surface area contributed by atoms with E-state index in [1.54, 1.807) is 6.92 Å². The van der Waals surface area contributed by atoms with Crippen LogP contribution in [0, 0.1) is 6.92 Å². The molecule has 2 aliphatic heterocycles. The number of hydrogen-bond donors (Lipinski definition) is 2. The Labute approximate surface area is 164 Å². The number of hydrogen-bond acceptors (Lipinski definition) is 5. The minimum Gasteiger partial charge on any atom is -0.341 e. The molecule has 150 valence electrons. The van der Waals surface area contributed by atoms with Crippen LogP contribution in [0.15, 0.2) is 24.3 Å². The Kier molecular flexibility index (Phi) is 5.32. The highest BCUT2D eigenvalue weighted by Crippen LogP contribution is 2.19. The molecule has 2 aromatic rings. The van der Waals surface area contributed by atoms with E-state index in [0.717, 1.165) is 42.8 Å². The second kappa shape index (κ2) is 7.89. The number of nitrogens with one attached hydrogen (secondary N) is 2. The zero-order valence-corrected chi connectivity index (χ0v) is 16.5. The van der Waals surface area contributed by atoms with Crippen LogP contribution in [0.2, 0.25) is 0 Å². The lowest BCUT2D eigenvalue weighted by Crippen LogP contribution is -2.47. The Balaban J connectivity index is 1.38. The number of aryl methyl sites for hydroxylation is 1. The lowest BCUT2D eigenvalue weighted by Gasteiger charge is -2.24. The molecule has 2 N–H and O–H groups in total. The lowest BCUT2D eigenvalue weighted by atomic mass is 10.1. The van der Waals surface area contributed by atoms with E-state index in [0.29, 0.717) is 19.6 Å². The monoisotopic (exact) mass is 384 g/mol. The maximum atomic E-state index is 13.0. The number of hydrazine groups is 1. The Morgan fingerprint density at radius 3 is 2.68 bits per heavy atom. The Morgan fingerprint density at radius 2 is 1.86 bits per heavy atom. The molecule has 2 aliphatic rings. The molecule has 0 aliphatic carbocycles. The fourth-order valence-corrected chi connectivity index (χ4v) is 4.22. The van der Waals surface area contributed by atoms with Crippen molar-refractivity contribution in [3.05, 3.63) is 30.1 Å². The third-order valence-electron chi connectivity index (χ3n) is 5.78. The number of fused-ring (bicyclic) bond motifs is 1. The van der Waals surface area contributed by atoms with E-state index >= 15 is 0 Å². The van der Waals surface area contributed by atoms with Crippen molar-refractivity contribution in [2.24, 2.45) is 0 Å². The summed E-state index contributed by atoms with van der Waals surface area (Å²) in [6, 6.07) is 8.05. The van der Waals surface area contributed by atoms with E-state index in [1.807, 2.05) is 34.9 Å². The van der Waals surface area contributed by atoms with E-state index in [1.165, 1.54) is 0 Å². The van der Waals surface area contributed by atoms with E-state index < -0.39 is 0 Å². The average molecular weight is 384 g/mol. The van der Waals surface area contributed by atoms with Gasteiger partial charge in [-0.25, -0.2) is 10.4 Å². The van der Waals surface area contributed by atoms with E-state index in [9.17, 15) is 9.59 Å². The smallest absolute Gasteiger partial charge is 0.241 e. The second-order valence-corrected chi connectivity index (χ2v) is 7.72. The van der Waals surface area contributed by atoms with Crippen molar-refractivity contribution in [1.82, 2.24) is 30.2 Å². The number of carbonyl (C=O) groups is 2. The van der Waals surface area contributed by atoms with Crippen molar-refractivity contribution in [2.75, 3.05) is 26.2 Å². The number of aromatic nitrogens is 2. The molecule has 1 aromatic carbocycles. The number of amides is 2. The van der Waals surface area contributed by atoms with Crippen molar-refractivity contribution in [2.45, 2.75) is 45.3 Å². The highest BCUT2D eigenvalue weighted by Gasteiger charge is 2.33. The molecular formula is C20H28N6O2. The van der Waals surface area contributed by atoms with Gasteiger partial charge in [-0.3, -0.25) is 15.0 Å². The van der Waals surface area contributed by atoms with Crippen molar-refractivity contribution >= 4 is 22.8 Å². The maximum absolute atomic E-state index is 13.0. The van der Waals surface area contributed by atoms with Gasteiger partial charge in [-0.2, -0.15) is 0 Å². The van der Waals surface area contributed by atoms with Gasteiger partial charge in [0.25, 0.3) is 0 Å². The molecular weight excluding hydrogens is 356 g/mol. The first-order valence-electron chi connectivity index (χ1n) is 10.00. The number of carbonyl (C=O) groups excluding carboxylic acids is 2. The minimum atomic E-state index is -0.232. The van der Waals surface area contributed by atoms with Gasteiger partial charge in [-0.05, 0) is 31.9 Å². The van der Waals surface area contributed by atoms with Gasteiger partial charge in [0.1, 0.15) is 11.9 Å². The SMILES string of the molecule is CC(=O)N1CCCN(C(=O)C2CC(Cn3c(C)nc4ccccc43)NN2)CC1. The first-order valence-corrected chi connectivity index (χ1v) is 10.00. The molecule has 8 nitrogen and oxygen atoms in total. The molecule has 2 atom stereocenters. The van der Waals surface area contributed by atoms with Gasteiger partial charge >= 0.3 is 0 Å². The summed E-state index contributed by atoms with van der Waals surface area (Å²) in [6.45, 7) is 7.02. The minimum absolute atomic E-state index is 0.0814. The largest absolute Gasteiger partial charge is 0.341 e. The van der Waals surface area contributed by atoms with Crippen molar-refractivity contribution in [3.8, 4) is 0 Å². The Hall–Kier alpha value is -2.45. The van der Waals surface area contributed by atoms with E-state index in [-0.39, 0.29) is 23.9 Å². The van der Waals surface area contributed by atoms with Crippen LogP contribution in [0.4, 0.5) is 0 Å². The van der Waals surface area contributed by atoms with Crippen LogP contribution < -0.4 is 10.9 Å². The van der Waals surface area contributed by atoms with Gasteiger partial charge < -0.3 is 14.4 Å². The Bertz CT molecular complexity index is 879. The van der Waals surface area contributed by atoms with Crippen LogP contribution in [0.5, 0.6) is 0 Å². The third-order valence-corrected chi connectivity index (χ3v) is 5.78. The zero-order chi connectivity index (χ0) is 19.7. The molecule has 2 unspecified atom stereocenters. The Morgan fingerprint density at radius 1 is 1.11 bits per heavy atom. The summed E-state index contributed by atoms with van der Waals surface area (Å²) < 4.78 is 2.21. The number of rotatable bonds is 3. The number of nitrogens with zero attached hydrogens (tertiary/aromatic N) is 4. The van der Waals surface area contributed by atoms with Gasteiger partial charge in [0.05, 0.1) is 11.0 Å². The van der Waals surface area contributed by atoms with Gasteiger partial charge in [0, 0.05) is 45.7 Å². The molecule has 4 rings (SSSR count). The standard InChI is InChI=1S/C20H28N6O2/c1-14-21-17-6-3-4-7-19(17)26(14)13-16-12-18(23-22-16)20(28)25-9-5-8-24(10-11-25)15(2)27/h3-4,6-7,16,18,22-23H,5,8-13H2,1-2H3. The molecule has 3 heterocycles. The molecule has 2 fully saturated rings. The van der Waals surface area contributed by atoms with Crippen LogP contribution in [0.3, 0.4) is 0 Å². The molecule has 1 aromatic heterocycles. The highest BCUT2D eigenvalue weighted by atomic mass is 16.2. The van der Waals surface area contributed by atoms with Gasteiger partial charge in [0.2, 0.25) is 11.8 Å². The molecule has 0 bridgehead atoms. The van der Waals surface area contributed by atoms with Crippen LogP contribution in [-0.2, 0) is 16.1 Å². The van der Waals surface area contributed by atoms with Gasteiger partial charge in [-0.1, -0.05) is 12.1 Å². The molecule has 0 saturated carbocycles. The molecule has 28 heavy (non-hydrogen) atoms. The number of imidazole rings is 1. The summed E-state index contributed by atoms with van der Waals surface area (Å²) in [5.41, 5.74) is 8.59. The summed E-state index contributed by atoms with van der Waals surface area (Å²) in [5.74, 6) is 1.18. The van der Waals surface area contributed by atoms with Crippen molar-refractivity contribution < 1.29 is 9.59 Å². The molecule has 0 spiro atoms. The van der Waals surface area contributed by atoms with Crippen molar-refractivity contribution in [1.29, 1.82) is 0 Å². The summed E-state index contributed by atoms with van der Waals surface area (Å²) in [6.07, 6.45) is 1.56. The fourth-order valence-electron chi connectivity index (χ4n) is 4.22. The highest BCUT2D eigenvalue weighted by molar-refractivity contribution is 5.82. The summed E-state index contributed by atoms with van der Waals surface area (Å²) in [5, 5.41) is 0. The predicted octanol–water partition coefficient (Wildman–Crippen LogP) is 0.661. The lowest BCUT2D eigenvalue weighted by molar-refractivity contribution is -0.134. The molecule has 2 saturated heterocycles. The van der Waals surface area contributed by atoms with Crippen LogP contribution in [0.25, 0.3) is 11.0 Å². The summed E-state index contributed by atoms with van der Waals surface area (Å²) >= 11 is 0. The van der Waals surface area contributed by atoms with Crippen LogP contribution in [0.1, 0.15) is 25.6 Å². The number of para-hydroxylation sites is 2. The maximum Gasteiger partial charge on any atom is 0.241 e. The summed E-state index contributed by atoms with van der Waals surface area (Å²) in [4.78, 5) is 32.9. The average Bonchev–Trinajstić information content (AvgIpc) is 3.17. The molecule has 0 radical (unpaired) electrons. The van der Waals surface area contributed by atoms with Gasteiger partial charge in [0.15, 0.2) is 0 Å². The van der Waals surface area contributed by atoms with Crippen LogP contribution >= 0.6 is 0 Å². The third kappa shape index (κ3) is 3.74. The first-order chi connectivity index (χ1) is 13.5. The van der Waals surface area contributed by atoms with Crippen LogP contribution in [-0.4, -0.2) is 69.4 Å². The van der Waals surface area contributed by atoms with E-state index in [2.05, 4.69) is 26.5 Å². The summed E-state index contributed by atoms with van der Waals surface area (Å²) in [7, 11) is 0. The molecule has 2 amide bonds. The predicted molar refractivity (Wildman–Crippen MR) is 106 cm³/mol. The fraction of sp³-hybridized carbons (Fsp3) is 0.550. The van der Waals surface area contributed by atoms with Crippen molar-refractivity contribution in [3.63, 3.8) is 0 Å². The quantitative estimate of drug-likeness (QED) is 0.813. The second-order valence-electron chi connectivity index (χ2n) is 7.72. The first kappa shape index (κ1) is 18.9. The zero-order valence-electron chi connectivity index (χ0n) is 16.5. The topological polar surface area (TPSA) is 82.5 Å².